The number of hydrogen-bond acceptors (Lipinski definition) is 3. The molecular formula is C49H57N2OP. The molecule has 0 saturated heterocycles. The van der Waals surface area contributed by atoms with Gasteiger partial charge < -0.3 is 14.2 Å². The average molecular weight is 721 g/mol. The third-order valence-electron chi connectivity index (χ3n) is 12.7. The summed E-state index contributed by atoms with van der Waals surface area (Å²) in [5, 5.41) is 2.94. The van der Waals surface area contributed by atoms with Crippen molar-refractivity contribution in [2.45, 2.75) is 124 Å². The lowest BCUT2D eigenvalue weighted by Crippen LogP contribution is -2.47. The lowest BCUT2D eigenvalue weighted by molar-refractivity contribution is 0.413. The highest BCUT2D eigenvalue weighted by Gasteiger charge is 2.50. The second-order valence-corrected chi connectivity index (χ2v) is 21.1. The summed E-state index contributed by atoms with van der Waals surface area (Å²) in [6.07, 6.45) is 5.40. The quantitative estimate of drug-likeness (QED) is 0.165. The molecule has 4 unspecified atom stereocenters. The van der Waals surface area contributed by atoms with Crippen molar-refractivity contribution in [3.05, 3.63) is 107 Å². The maximum atomic E-state index is 7.41. The van der Waals surface area contributed by atoms with E-state index in [1.807, 2.05) is 0 Å². The summed E-state index contributed by atoms with van der Waals surface area (Å²) in [6, 6.07) is 33.6. The van der Waals surface area contributed by atoms with Crippen molar-refractivity contribution in [1.29, 1.82) is 0 Å². The highest BCUT2D eigenvalue weighted by atomic mass is 31.1. The maximum absolute atomic E-state index is 7.41. The molecule has 274 valence electrons. The van der Waals surface area contributed by atoms with Gasteiger partial charge in [0.15, 0.2) is 5.50 Å². The fourth-order valence-corrected chi connectivity index (χ4v) is 12.8. The summed E-state index contributed by atoms with van der Waals surface area (Å²) in [4.78, 5) is 5.46. The monoisotopic (exact) mass is 720 g/mol. The summed E-state index contributed by atoms with van der Waals surface area (Å²) in [6.45, 7) is 23.3. The summed E-state index contributed by atoms with van der Waals surface area (Å²) < 4.78 is 7.41. The molecule has 4 atom stereocenters. The molecule has 0 spiro atoms. The molecule has 5 aromatic rings. The van der Waals surface area contributed by atoms with Crippen molar-refractivity contribution < 1.29 is 4.42 Å². The van der Waals surface area contributed by atoms with Crippen LogP contribution in [0.5, 0.6) is 0 Å². The molecule has 1 aromatic heterocycles. The molecule has 4 aliphatic rings. The minimum absolute atomic E-state index is 0.0384. The van der Waals surface area contributed by atoms with E-state index < -0.39 is 7.92 Å². The van der Waals surface area contributed by atoms with Crippen LogP contribution in [0.25, 0.3) is 11.1 Å². The first kappa shape index (κ1) is 34.9. The second-order valence-electron chi connectivity index (χ2n) is 19.1. The lowest BCUT2D eigenvalue weighted by Gasteiger charge is -2.47. The van der Waals surface area contributed by atoms with Crippen LogP contribution in [-0.4, -0.2) is 6.04 Å². The Balaban J connectivity index is 1.41. The molecule has 2 fully saturated rings. The summed E-state index contributed by atoms with van der Waals surface area (Å²) in [5.41, 5.74) is 14.6. The molecule has 4 aromatic carbocycles. The van der Waals surface area contributed by atoms with Crippen molar-refractivity contribution in [1.82, 2.24) is 0 Å². The fraction of sp³-hybridized carbons (Fsp3) is 0.429. The van der Waals surface area contributed by atoms with Gasteiger partial charge in [-0.05, 0) is 106 Å². The number of nitrogens with zero attached hydrogens (tertiary/aromatic N) is 2. The van der Waals surface area contributed by atoms with Gasteiger partial charge >= 0.3 is 0 Å². The molecule has 0 amide bonds. The first-order valence-electron chi connectivity index (χ1n) is 20.2. The molecule has 2 saturated carbocycles. The highest BCUT2D eigenvalue weighted by molar-refractivity contribution is 7.81. The van der Waals surface area contributed by atoms with Crippen LogP contribution in [0.4, 0.5) is 28.4 Å². The molecular weight excluding hydrogens is 664 g/mol. The van der Waals surface area contributed by atoms with Gasteiger partial charge in [-0.15, -0.1) is 0 Å². The van der Waals surface area contributed by atoms with E-state index in [-0.39, 0.29) is 16.7 Å². The van der Waals surface area contributed by atoms with E-state index in [1.165, 1.54) is 98.0 Å². The van der Waals surface area contributed by atoms with Crippen LogP contribution in [0.1, 0.15) is 129 Å². The van der Waals surface area contributed by atoms with Gasteiger partial charge in [0.2, 0.25) is 0 Å². The van der Waals surface area contributed by atoms with Gasteiger partial charge in [0, 0.05) is 47.4 Å². The zero-order valence-corrected chi connectivity index (χ0v) is 34.4. The van der Waals surface area contributed by atoms with Gasteiger partial charge in [0.25, 0.3) is 0 Å². The van der Waals surface area contributed by atoms with E-state index in [1.54, 1.807) is 0 Å². The van der Waals surface area contributed by atoms with Crippen molar-refractivity contribution in [3.63, 3.8) is 0 Å². The summed E-state index contributed by atoms with van der Waals surface area (Å²) >= 11 is 0. The SMILES string of the molecule is CC(C)c1oc2c(c1C(C)C)N(c1ccc(C(C)(C)C)cc1)c1cc(-c3ccccc3)cc3c1P2c1cc(C(C)(C)C)ccc1N3C1CC2CCC1C2. The van der Waals surface area contributed by atoms with Crippen molar-refractivity contribution in [3.8, 4) is 11.1 Å². The minimum atomic E-state index is -0.981. The van der Waals surface area contributed by atoms with Crippen LogP contribution in [-0.2, 0) is 10.8 Å². The van der Waals surface area contributed by atoms with Gasteiger partial charge in [-0.25, -0.2) is 0 Å². The van der Waals surface area contributed by atoms with E-state index in [0.29, 0.717) is 12.0 Å². The van der Waals surface area contributed by atoms with E-state index in [9.17, 15) is 0 Å². The van der Waals surface area contributed by atoms with Crippen molar-refractivity contribution in [2.75, 3.05) is 9.80 Å². The number of furan rings is 1. The molecule has 2 aliphatic heterocycles. The van der Waals surface area contributed by atoms with Gasteiger partial charge in [-0.2, -0.15) is 0 Å². The molecule has 3 heterocycles. The Kier molecular flexibility index (Phi) is 8.14. The third-order valence-corrected chi connectivity index (χ3v) is 15.2. The predicted octanol–water partition coefficient (Wildman–Crippen LogP) is 13.0. The Morgan fingerprint density at radius 2 is 1.36 bits per heavy atom. The number of rotatable bonds is 5. The van der Waals surface area contributed by atoms with Gasteiger partial charge in [-0.1, -0.05) is 124 Å². The molecule has 0 N–H and O–H groups in total. The Hall–Kier alpha value is -3.81. The first-order chi connectivity index (χ1) is 25.2. The maximum Gasteiger partial charge on any atom is 0.159 e. The standard InChI is InChI=1S/C49H57N2OP/c1-29(2)43-44-47(52-45(43)30(3)4)53-42-28-36(49(8,9)10)20-23-38(42)51(39-25-31-16-17-33(39)24-31)41-27-34(32-14-12-11-13-15-32)26-40(46(41)53)50(44)37-21-18-35(19-22-37)48(5,6)7/h11-15,18-23,26-31,33,39H,16-17,24-25H2,1-10H3. The van der Waals surface area contributed by atoms with Crippen LogP contribution in [0.3, 0.4) is 0 Å². The highest BCUT2D eigenvalue weighted by Crippen LogP contribution is 2.61. The first-order valence-corrected chi connectivity index (χ1v) is 21.6. The zero-order valence-electron chi connectivity index (χ0n) is 33.5. The van der Waals surface area contributed by atoms with Crippen molar-refractivity contribution >= 4 is 52.5 Å². The lowest BCUT2D eigenvalue weighted by atomic mass is 9.86. The molecule has 2 aliphatic carbocycles. The van der Waals surface area contributed by atoms with E-state index in [2.05, 4.69) is 164 Å². The Labute approximate surface area is 319 Å². The Bertz CT molecular complexity index is 2200. The van der Waals surface area contributed by atoms with Crippen LogP contribution in [0, 0.1) is 11.8 Å². The summed E-state index contributed by atoms with van der Waals surface area (Å²) in [5.74, 6) is 3.30. The normalized spacial score (nSPS) is 21.7. The van der Waals surface area contributed by atoms with Crippen LogP contribution in [0.15, 0.2) is 89.3 Å². The zero-order chi connectivity index (χ0) is 37.1. The van der Waals surface area contributed by atoms with E-state index >= 15 is 0 Å². The number of hydrogen-bond donors (Lipinski definition) is 0. The molecule has 4 heteroatoms. The van der Waals surface area contributed by atoms with E-state index in [4.69, 9.17) is 4.42 Å². The summed E-state index contributed by atoms with van der Waals surface area (Å²) in [7, 11) is -0.981. The Morgan fingerprint density at radius 1 is 0.679 bits per heavy atom. The van der Waals surface area contributed by atoms with Gasteiger partial charge in [0.1, 0.15) is 5.76 Å². The van der Waals surface area contributed by atoms with Crippen LogP contribution in [0.2, 0.25) is 0 Å². The molecule has 53 heavy (non-hydrogen) atoms. The van der Waals surface area contributed by atoms with Crippen LogP contribution < -0.4 is 25.9 Å². The van der Waals surface area contributed by atoms with Gasteiger partial charge in [0.05, 0.1) is 17.1 Å². The minimum Gasteiger partial charge on any atom is -0.458 e. The fourth-order valence-electron chi connectivity index (χ4n) is 10.00. The molecule has 9 rings (SSSR count). The predicted molar refractivity (Wildman–Crippen MR) is 228 cm³/mol. The van der Waals surface area contributed by atoms with E-state index in [0.717, 1.165) is 17.6 Å². The van der Waals surface area contributed by atoms with Crippen molar-refractivity contribution in [2.24, 2.45) is 11.8 Å². The van der Waals surface area contributed by atoms with Crippen LogP contribution >= 0.6 is 7.92 Å². The Morgan fingerprint density at radius 3 is 1.96 bits per heavy atom. The number of anilines is 5. The smallest absolute Gasteiger partial charge is 0.159 e. The second kappa shape index (κ2) is 12.4. The third kappa shape index (κ3) is 5.54. The number of fused-ring (bicyclic) bond motifs is 6. The largest absolute Gasteiger partial charge is 0.458 e. The average Bonchev–Trinajstić information content (AvgIpc) is 3.86. The number of benzene rings is 4. The molecule has 0 radical (unpaired) electrons. The topological polar surface area (TPSA) is 19.6 Å². The molecule has 3 nitrogen and oxygen atoms in total. The van der Waals surface area contributed by atoms with Gasteiger partial charge in [-0.3, -0.25) is 0 Å². The molecule has 2 bridgehead atoms.